The number of benzene rings is 3. The fourth-order valence-corrected chi connectivity index (χ4v) is 3.07. The predicted molar refractivity (Wildman–Crippen MR) is 113 cm³/mol. The summed E-state index contributed by atoms with van der Waals surface area (Å²) in [5.74, 6) is -1.98. The average Bonchev–Trinajstić information content (AvgIpc) is 2.70. The third-order valence-corrected chi connectivity index (χ3v) is 4.54. The smallest absolute Gasteiger partial charge is 0.345 e. The van der Waals surface area contributed by atoms with Gasteiger partial charge in [-0.15, -0.1) is 0 Å². The van der Waals surface area contributed by atoms with Crippen LogP contribution in [0.25, 0.3) is 22.0 Å². The van der Waals surface area contributed by atoms with Crippen molar-refractivity contribution < 1.29 is 15.0 Å². The van der Waals surface area contributed by atoms with Crippen LogP contribution in [0.4, 0.5) is 0 Å². The van der Waals surface area contributed by atoms with Crippen LogP contribution in [0.2, 0.25) is 0 Å². The summed E-state index contributed by atoms with van der Waals surface area (Å²) in [4.78, 5) is 24.5. The van der Waals surface area contributed by atoms with E-state index in [0.29, 0.717) is 9.99 Å². The molecule has 1 aromatic heterocycles. The predicted octanol–water partition coefficient (Wildman–Crippen LogP) is 5.05. The number of aromatic hydroxyl groups is 1. The first-order valence-corrected chi connectivity index (χ1v) is 9.15. The zero-order valence-corrected chi connectivity index (χ0v) is 16.2. The number of H-pyrrole nitrogens is 1. The molecule has 5 nitrogen and oxygen atoms in total. The summed E-state index contributed by atoms with van der Waals surface area (Å²) < 4.78 is 0.679. The molecule has 0 radical (unpaired) electrons. The second-order valence-electron chi connectivity index (χ2n) is 5.90. The van der Waals surface area contributed by atoms with Crippen LogP contribution in [0, 0.1) is 0 Å². The van der Waals surface area contributed by atoms with Crippen molar-refractivity contribution in [3.05, 3.63) is 99.3 Å². The topological polar surface area (TPSA) is 90.4 Å². The Morgan fingerprint density at radius 2 is 1.39 bits per heavy atom. The quantitative estimate of drug-likeness (QED) is 0.409. The first kappa shape index (κ1) is 19.4. The molecule has 3 aromatic carbocycles. The number of fused-ring (bicyclic) bond motifs is 1. The standard InChI is InChI=1S/C12H10.C10H6BrNO4/c1-3-7-11(8-4-1)12-9-5-2-6-10-12;11-4-1-2-6-5(3-4)8(13)7(10(15)16)9(14)12-6/h1-10H;1-3H,(H,15,16)(H2,12,13,14). The molecule has 0 bridgehead atoms. The maximum absolute atomic E-state index is 11.4. The van der Waals surface area contributed by atoms with Gasteiger partial charge >= 0.3 is 5.97 Å². The minimum Gasteiger partial charge on any atom is -0.506 e. The van der Waals surface area contributed by atoms with Crippen LogP contribution in [-0.4, -0.2) is 21.2 Å². The van der Waals surface area contributed by atoms with Gasteiger partial charge in [-0.1, -0.05) is 76.6 Å². The molecule has 28 heavy (non-hydrogen) atoms. The summed E-state index contributed by atoms with van der Waals surface area (Å²) >= 11 is 3.20. The number of halogens is 1. The highest BCUT2D eigenvalue weighted by atomic mass is 79.9. The summed E-state index contributed by atoms with van der Waals surface area (Å²) in [7, 11) is 0. The SMILES string of the molecule is O=C(O)c1c(O)c2cc(Br)ccc2[nH]c1=O.c1ccc(-c2ccccc2)cc1. The van der Waals surface area contributed by atoms with Crippen LogP contribution in [0.5, 0.6) is 5.75 Å². The third-order valence-electron chi connectivity index (χ3n) is 4.04. The zero-order valence-electron chi connectivity index (χ0n) is 14.6. The summed E-state index contributed by atoms with van der Waals surface area (Å²) in [5.41, 5.74) is 1.47. The van der Waals surface area contributed by atoms with Crippen LogP contribution >= 0.6 is 15.9 Å². The molecule has 3 N–H and O–H groups in total. The third kappa shape index (κ3) is 4.29. The summed E-state index contributed by atoms with van der Waals surface area (Å²) in [6.07, 6.45) is 0. The second kappa shape index (κ2) is 8.54. The maximum Gasteiger partial charge on any atom is 0.345 e. The van der Waals surface area contributed by atoms with Gasteiger partial charge in [0.25, 0.3) is 5.56 Å². The van der Waals surface area contributed by atoms with Gasteiger partial charge in [-0.05, 0) is 29.3 Å². The van der Waals surface area contributed by atoms with E-state index >= 15 is 0 Å². The number of aromatic carboxylic acids is 1. The molecule has 0 aliphatic carbocycles. The highest BCUT2D eigenvalue weighted by molar-refractivity contribution is 9.10. The summed E-state index contributed by atoms with van der Waals surface area (Å²) in [5, 5.41) is 18.8. The molecule has 0 unspecified atom stereocenters. The molecule has 0 amide bonds. The molecule has 4 aromatic rings. The van der Waals surface area contributed by atoms with Gasteiger partial charge in [-0.2, -0.15) is 0 Å². The molecule has 6 heteroatoms. The van der Waals surface area contributed by atoms with E-state index in [9.17, 15) is 14.7 Å². The van der Waals surface area contributed by atoms with Gasteiger partial charge in [0, 0.05) is 9.86 Å². The van der Waals surface area contributed by atoms with Crippen molar-refractivity contribution in [2.45, 2.75) is 0 Å². The van der Waals surface area contributed by atoms with Gasteiger partial charge < -0.3 is 15.2 Å². The van der Waals surface area contributed by atoms with Crippen LogP contribution in [-0.2, 0) is 0 Å². The highest BCUT2D eigenvalue weighted by Gasteiger charge is 2.17. The minimum absolute atomic E-state index is 0.284. The number of carbonyl (C=O) groups is 1. The molecule has 0 fully saturated rings. The summed E-state index contributed by atoms with van der Waals surface area (Å²) in [6.45, 7) is 0. The second-order valence-corrected chi connectivity index (χ2v) is 6.82. The van der Waals surface area contributed by atoms with E-state index in [0.717, 1.165) is 0 Å². The number of hydrogen-bond acceptors (Lipinski definition) is 3. The van der Waals surface area contributed by atoms with E-state index < -0.39 is 22.8 Å². The molecule has 140 valence electrons. The van der Waals surface area contributed by atoms with Crippen molar-refractivity contribution in [3.63, 3.8) is 0 Å². The Labute approximate surface area is 169 Å². The fourth-order valence-electron chi connectivity index (χ4n) is 2.71. The monoisotopic (exact) mass is 437 g/mol. The number of pyridine rings is 1. The van der Waals surface area contributed by atoms with Crippen LogP contribution < -0.4 is 5.56 Å². The van der Waals surface area contributed by atoms with E-state index in [2.05, 4.69) is 69.4 Å². The molecule has 0 aliphatic rings. The number of hydrogen-bond donors (Lipinski definition) is 3. The van der Waals surface area contributed by atoms with E-state index in [-0.39, 0.29) is 5.39 Å². The number of aromatic amines is 1. The van der Waals surface area contributed by atoms with Gasteiger partial charge in [-0.3, -0.25) is 4.79 Å². The summed E-state index contributed by atoms with van der Waals surface area (Å²) in [6, 6.07) is 25.6. The molecular formula is C22H16BrNO4. The Bertz CT molecular complexity index is 1130. The Balaban J connectivity index is 0.000000167. The Kier molecular flexibility index (Phi) is 5.91. The van der Waals surface area contributed by atoms with Gasteiger partial charge in [0.1, 0.15) is 5.75 Å². The molecule has 1 heterocycles. The molecular weight excluding hydrogens is 422 g/mol. The van der Waals surface area contributed by atoms with Crippen molar-refractivity contribution in [3.8, 4) is 16.9 Å². The van der Waals surface area contributed by atoms with Crippen LogP contribution in [0.3, 0.4) is 0 Å². The largest absolute Gasteiger partial charge is 0.506 e. The fraction of sp³-hybridized carbons (Fsp3) is 0. The molecule has 4 rings (SSSR count). The number of nitrogens with one attached hydrogen (secondary N) is 1. The van der Waals surface area contributed by atoms with E-state index in [1.54, 1.807) is 12.1 Å². The van der Waals surface area contributed by atoms with Gasteiger partial charge in [0.05, 0.1) is 5.52 Å². The molecule has 0 aliphatic heterocycles. The minimum atomic E-state index is -1.46. The first-order valence-electron chi connectivity index (χ1n) is 8.35. The van der Waals surface area contributed by atoms with Crippen molar-refractivity contribution >= 4 is 32.8 Å². The zero-order chi connectivity index (χ0) is 20.1. The van der Waals surface area contributed by atoms with Gasteiger partial charge in [0.2, 0.25) is 0 Å². The maximum atomic E-state index is 11.4. The van der Waals surface area contributed by atoms with E-state index in [4.69, 9.17) is 5.11 Å². The Hall–Kier alpha value is -3.38. The number of carboxylic acid groups (broad SMARTS) is 1. The highest BCUT2D eigenvalue weighted by Crippen LogP contribution is 2.27. The van der Waals surface area contributed by atoms with E-state index in [1.165, 1.54) is 17.2 Å². The van der Waals surface area contributed by atoms with E-state index in [1.807, 2.05) is 12.1 Å². The van der Waals surface area contributed by atoms with Gasteiger partial charge in [0.15, 0.2) is 5.56 Å². The van der Waals surface area contributed by atoms with Crippen LogP contribution in [0.15, 0.2) is 88.1 Å². The lowest BCUT2D eigenvalue weighted by atomic mass is 10.1. The van der Waals surface area contributed by atoms with Crippen molar-refractivity contribution in [2.75, 3.05) is 0 Å². The van der Waals surface area contributed by atoms with Crippen molar-refractivity contribution in [1.82, 2.24) is 4.98 Å². The Morgan fingerprint density at radius 3 is 1.89 bits per heavy atom. The first-order chi connectivity index (χ1) is 13.5. The molecule has 0 spiro atoms. The normalized spacial score (nSPS) is 10.2. The number of aromatic nitrogens is 1. The van der Waals surface area contributed by atoms with Crippen LogP contribution in [0.1, 0.15) is 10.4 Å². The molecule has 0 atom stereocenters. The lowest BCUT2D eigenvalue weighted by Crippen LogP contribution is -2.17. The van der Waals surface area contributed by atoms with Crippen molar-refractivity contribution in [2.24, 2.45) is 0 Å². The molecule has 0 saturated carbocycles. The number of rotatable bonds is 2. The lowest BCUT2D eigenvalue weighted by molar-refractivity contribution is 0.0692. The Morgan fingerprint density at radius 1 is 0.857 bits per heavy atom. The number of carboxylic acids is 1. The molecule has 0 saturated heterocycles. The lowest BCUT2D eigenvalue weighted by Gasteiger charge is -2.04. The average molecular weight is 438 g/mol. The van der Waals surface area contributed by atoms with Crippen molar-refractivity contribution in [1.29, 1.82) is 0 Å². The van der Waals surface area contributed by atoms with Gasteiger partial charge in [-0.25, -0.2) is 4.79 Å².